The third-order valence-electron chi connectivity index (χ3n) is 5.77. The average molecular weight is 431 g/mol. The fourth-order valence-corrected chi connectivity index (χ4v) is 5.81. The molecule has 0 N–H and O–H groups in total. The first-order valence-corrected chi connectivity index (χ1v) is 11.4. The first-order valence-electron chi connectivity index (χ1n) is 9.97. The van der Waals surface area contributed by atoms with Crippen LogP contribution in [0.3, 0.4) is 0 Å². The Morgan fingerprint density at radius 2 is 1.77 bits per heavy atom. The predicted molar refractivity (Wildman–Crippen MR) is 109 cm³/mol. The molecular formula is C21H22FN3O4S. The Morgan fingerprint density at radius 3 is 2.53 bits per heavy atom. The van der Waals surface area contributed by atoms with Crippen molar-refractivity contribution < 1.29 is 22.3 Å². The number of aryl methyl sites for hydroxylation is 1. The highest BCUT2D eigenvalue weighted by molar-refractivity contribution is 7.89. The van der Waals surface area contributed by atoms with Crippen LogP contribution in [0.25, 0.3) is 11.0 Å². The maximum Gasteiger partial charge on any atom is 0.243 e. The van der Waals surface area contributed by atoms with Gasteiger partial charge in [0, 0.05) is 31.3 Å². The maximum absolute atomic E-state index is 13.5. The van der Waals surface area contributed by atoms with Crippen molar-refractivity contribution in [2.45, 2.75) is 30.7 Å². The lowest BCUT2D eigenvalue weighted by Gasteiger charge is -2.33. The van der Waals surface area contributed by atoms with E-state index >= 15 is 0 Å². The van der Waals surface area contributed by atoms with Crippen molar-refractivity contribution >= 4 is 21.1 Å². The van der Waals surface area contributed by atoms with Crippen molar-refractivity contribution in [1.29, 1.82) is 0 Å². The van der Waals surface area contributed by atoms with E-state index in [1.165, 1.54) is 22.5 Å². The lowest BCUT2D eigenvalue weighted by Crippen LogP contribution is -2.39. The van der Waals surface area contributed by atoms with Crippen LogP contribution in [-0.2, 0) is 10.0 Å². The number of benzene rings is 2. The molecule has 1 aromatic heterocycles. The average Bonchev–Trinajstić information content (AvgIpc) is 3.08. The lowest BCUT2D eigenvalue weighted by molar-refractivity contribution is 0.171. The normalized spacial score (nSPS) is 18.1. The quantitative estimate of drug-likeness (QED) is 0.636. The molecule has 30 heavy (non-hydrogen) atoms. The monoisotopic (exact) mass is 431 g/mol. The molecule has 2 aromatic carbocycles. The molecule has 0 aliphatic carbocycles. The van der Waals surface area contributed by atoms with Crippen LogP contribution in [0, 0.1) is 12.7 Å². The van der Waals surface area contributed by atoms with Crippen LogP contribution >= 0.6 is 0 Å². The molecule has 3 heterocycles. The third-order valence-corrected chi connectivity index (χ3v) is 7.66. The van der Waals surface area contributed by atoms with Gasteiger partial charge in [-0.3, -0.25) is 0 Å². The van der Waals surface area contributed by atoms with E-state index in [1.54, 1.807) is 18.2 Å². The number of fused-ring (bicyclic) bond motifs is 2. The topological polar surface area (TPSA) is 73.7 Å². The molecule has 0 amide bonds. The number of halogens is 1. The van der Waals surface area contributed by atoms with Crippen molar-refractivity contribution in [2.24, 2.45) is 0 Å². The summed E-state index contributed by atoms with van der Waals surface area (Å²) in [6, 6.07) is 9.47. The Balaban J connectivity index is 1.36. The molecule has 9 heteroatoms. The molecule has 0 spiro atoms. The summed E-state index contributed by atoms with van der Waals surface area (Å²) in [4.78, 5) is 4.68. The molecule has 2 aliphatic heterocycles. The lowest BCUT2D eigenvalue weighted by atomic mass is 10.1. The summed E-state index contributed by atoms with van der Waals surface area (Å²) in [6.07, 6.45) is 1.32. The van der Waals surface area contributed by atoms with Crippen molar-refractivity contribution in [1.82, 2.24) is 13.9 Å². The molecule has 2 aliphatic rings. The van der Waals surface area contributed by atoms with E-state index < -0.39 is 10.0 Å². The number of hydrogen-bond donors (Lipinski definition) is 0. The van der Waals surface area contributed by atoms with E-state index in [0.29, 0.717) is 56.2 Å². The van der Waals surface area contributed by atoms with E-state index in [1.807, 2.05) is 6.92 Å². The van der Waals surface area contributed by atoms with Gasteiger partial charge >= 0.3 is 0 Å². The summed E-state index contributed by atoms with van der Waals surface area (Å²) in [5.41, 5.74) is 1.50. The first-order chi connectivity index (χ1) is 14.4. The Kier molecular flexibility index (Phi) is 4.67. The van der Waals surface area contributed by atoms with E-state index in [0.717, 1.165) is 11.3 Å². The number of rotatable bonds is 3. The molecular weight excluding hydrogens is 409 g/mol. The largest absolute Gasteiger partial charge is 0.486 e. The zero-order chi connectivity index (χ0) is 20.9. The second kappa shape index (κ2) is 7.24. The Bertz CT molecular complexity index is 1220. The fourth-order valence-electron chi connectivity index (χ4n) is 4.33. The van der Waals surface area contributed by atoms with E-state index in [-0.39, 0.29) is 16.8 Å². The summed E-state index contributed by atoms with van der Waals surface area (Å²) in [5.74, 6) is 1.53. The second-order valence-electron chi connectivity index (χ2n) is 7.60. The zero-order valence-electron chi connectivity index (χ0n) is 16.5. The van der Waals surface area contributed by atoms with Gasteiger partial charge in [0.05, 0.1) is 15.9 Å². The zero-order valence-corrected chi connectivity index (χ0v) is 17.4. The van der Waals surface area contributed by atoms with Crippen LogP contribution < -0.4 is 9.47 Å². The Hall–Kier alpha value is -2.65. The van der Waals surface area contributed by atoms with Crippen LogP contribution in [-0.4, -0.2) is 48.6 Å². The maximum atomic E-state index is 13.5. The van der Waals surface area contributed by atoms with Crippen molar-refractivity contribution in [3.8, 4) is 11.5 Å². The fraction of sp³-hybridized carbons (Fsp3) is 0.381. The highest BCUT2D eigenvalue weighted by Gasteiger charge is 2.32. The summed E-state index contributed by atoms with van der Waals surface area (Å²) in [6.45, 7) is 3.57. The molecule has 0 bridgehead atoms. The van der Waals surface area contributed by atoms with Gasteiger partial charge in [-0.15, -0.1) is 0 Å². The molecule has 7 nitrogen and oxygen atoms in total. The summed E-state index contributed by atoms with van der Waals surface area (Å²) in [7, 11) is -3.62. The van der Waals surface area contributed by atoms with Crippen LogP contribution in [0.15, 0.2) is 41.3 Å². The van der Waals surface area contributed by atoms with E-state index in [2.05, 4.69) is 9.55 Å². The number of ether oxygens (including phenoxy) is 2. The van der Waals surface area contributed by atoms with Gasteiger partial charge in [-0.05, 0) is 44.0 Å². The number of aromatic nitrogens is 2. The minimum Gasteiger partial charge on any atom is -0.486 e. The van der Waals surface area contributed by atoms with Crippen LogP contribution in [0.4, 0.5) is 4.39 Å². The van der Waals surface area contributed by atoms with Gasteiger partial charge in [0.15, 0.2) is 11.5 Å². The van der Waals surface area contributed by atoms with Gasteiger partial charge in [0.25, 0.3) is 0 Å². The first kappa shape index (κ1) is 19.3. The number of imidazole rings is 1. The van der Waals surface area contributed by atoms with E-state index in [9.17, 15) is 12.8 Å². The van der Waals surface area contributed by atoms with Crippen molar-refractivity contribution in [3.05, 3.63) is 48.0 Å². The molecule has 0 unspecified atom stereocenters. The molecule has 5 rings (SSSR count). The second-order valence-corrected chi connectivity index (χ2v) is 9.54. The van der Waals surface area contributed by atoms with Crippen LogP contribution in [0.5, 0.6) is 11.5 Å². The third kappa shape index (κ3) is 3.22. The molecule has 158 valence electrons. The molecule has 1 fully saturated rings. The SMILES string of the molecule is Cc1nc2cc(F)ccc2n1C1CCN(S(=O)(=O)c2ccc3c(c2)OCCO3)CC1. The Morgan fingerprint density at radius 1 is 1.03 bits per heavy atom. The molecule has 0 radical (unpaired) electrons. The van der Waals surface area contributed by atoms with Gasteiger partial charge in [-0.25, -0.2) is 17.8 Å². The molecule has 3 aromatic rings. The Labute approximate surface area is 174 Å². The molecule has 1 saturated heterocycles. The highest BCUT2D eigenvalue weighted by atomic mass is 32.2. The van der Waals surface area contributed by atoms with Gasteiger partial charge < -0.3 is 14.0 Å². The van der Waals surface area contributed by atoms with Crippen LogP contribution in [0.1, 0.15) is 24.7 Å². The van der Waals surface area contributed by atoms with Crippen molar-refractivity contribution in [2.75, 3.05) is 26.3 Å². The van der Waals surface area contributed by atoms with Crippen molar-refractivity contribution in [3.63, 3.8) is 0 Å². The number of hydrogen-bond acceptors (Lipinski definition) is 5. The number of nitrogens with zero attached hydrogens (tertiary/aromatic N) is 3. The summed E-state index contributed by atoms with van der Waals surface area (Å²) >= 11 is 0. The minimum absolute atomic E-state index is 0.118. The van der Waals surface area contributed by atoms with Gasteiger partial charge in [0.2, 0.25) is 10.0 Å². The van der Waals surface area contributed by atoms with Gasteiger partial charge in [-0.2, -0.15) is 4.31 Å². The summed E-state index contributed by atoms with van der Waals surface area (Å²) < 4.78 is 54.5. The van der Waals surface area contributed by atoms with Gasteiger partial charge in [-0.1, -0.05) is 0 Å². The van der Waals surface area contributed by atoms with E-state index in [4.69, 9.17) is 9.47 Å². The minimum atomic E-state index is -3.62. The van der Waals surface area contributed by atoms with Gasteiger partial charge in [0.1, 0.15) is 24.9 Å². The predicted octanol–water partition coefficient (Wildman–Crippen LogP) is 3.28. The molecule has 0 atom stereocenters. The highest BCUT2D eigenvalue weighted by Crippen LogP contribution is 2.35. The standard InChI is InChI=1S/C21H22FN3O4S/c1-14-23-18-12-15(22)2-4-19(18)25(14)16-6-8-24(9-7-16)30(26,27)17-3-5-20-21(13-17)29-11-10-28-20/h2-5,12-13,16H,6-11H2,1H3. The number of sulfonamides is 1. The van der Waals surface area contributed by atoms with Crippen LogP contribution in [0.2, 0.25) is 0 Å². The number of piperidine rings is 1. The summed E-state index contributed by atoms with van der Waals surface area (Å²) in [5, 5.41) is 0. The smallest absolute Gasteiger partial charge is 0.243 e. The molecule has 0 saturated carbocycles.